The molecule has 0 atom stereocenters. The zero-order chi connectivity index (χ0) is 19.8. The Bertz CT molecular complexity index is 725. The second-order valence-electron chi connectivity index (χ2n) is 7.72. The number of carbonyl (C=O) groups excluding carboxylic acids is 1. The Morgan fingerprint density at radius 3 is 2.39 bits per heavy atom. The van der Waals surface area contributed by atoms with E-state index in [1.807, 2.05) is 4.90 Å². The Morgan fingerprint density at radius 1 is 1.11 bits per heavy atom. The van der Waals surface area contributed by atoms with Crippen molar-refractivity contribution in [3.8, 4) is 0 Å². The summed E-state index contributed by atoms with van der Waals surface area (Å²) in [6.07, 6.45) is 6.59. The quantitative estimate of drug-likeness (QED) is 0.704. The standard InChI is InChI=1S/C23H31N3O2/c1-25(15-16-28-2)18-21-5-3-19(4-6-21)17-20-9-13-26(14-10-20)23(27)22-7-11-24-12-8-22/h3-8,11-12,20H,9-10,13-18H2,1-2H3. The minimum absolute atomic E-state index is 0.128. The van der Waals surface area contributed by atoms with Crippen LogP contribution in [-0.2, 0) is 17.7 Å². The fourth-order valence-electron chi connectivity index (χ4n) is 3.77. The molecule has 0 N–H and O–H groups in total. The van der Waals surface area contributed by atoms with Gasteiger partial charge in [-0.15, -0.1) is 0 Å². The second kappa shape index (κ2) is 10.3. The first kappa shape index (κ1) is 20.5. The molecule has 1 amide bonds. The lowest BCUT2D eigenvalue weighted by Gasteiger charge is -2.32. The molecule has 1 aliphatic rings. The van der Waals surface area contributed by atoms with Gasteiger partial charge in [-0.2, -0.15) is 0 Å². The van der Waals surface area contributed by atoms with Gasteiger partial charge in [-0.3, -0.25) is 14.7 Å². The molecule has 150 valence electrons. The molecule has 1 aromatic heterocycles. The van der Waals surface area contributed by atoms with Crippen molar-refractivity contribution >= 4 is 5.91 Å². The molecule has 0 saturated carbocycles. The normalized spacial score (nSPS) is 15.2. The van der Waals surface area contributed by atoms with Crippen LogP contribution in [0.3, 0.4) is 0 Å². The molecule has 0 unspecified atom stereocenters. The molecular formula is C23H31N3O2. The molecule has 0 bridgehead atoms. The summed E-state index contributed by atoms with van der Waals surface area (Å²) in [6, 6.07) is 12.6. The highest BCUT2D eigenvalue weighted by Crippen LogP contribution is 2.23. The number of rotatable bonds is 8. The van der Waals surface area contributed by atoms with E-state index in [-0.39, 0.29) is 5.91 Å². The molecule has 5 nitrogen and oxygen atoms in total. The molecule has 1 fully saturated rings. The van der Waals surface area contributed by atoms with E-state index < -0.39 is 0 Å². The molecule has 1 aromatic carbocycles. The van der Waals surface area contributed by atoms with Crippen LogP contribution in [0.1, 0.15) is 34.3 Å². The summed E-state index contributed by atoms with van der Waals surface area (Å²) in [4.78, 5) is 20.8. The smallest absolute Gasteiger partial charge is 0.253 e. The highest BCUT2D eigenvalue weighted by atomic mass is 16.5. The van der Waals surface area contributed by atoms with E-state index in [2.05, 4.69) is 41.2 Å². The number of aromatic nitrogens is 1. The van der Waals surface area contributed by atoms with E-state index in [1.54, 1.807) is 31.6 Å². The van der Waals surface area contributed by atoms with Gasteiger partial charge in [-0.1, -0.05) is 24.3 Å². The van der Waals surface area contributed by atoms with Gasteiger partial charge in [0.05, 0.1) is 6.61 Å². The third kappa shape index (κ3) is 5.88. The fraction of sp³-hybridized carbons (Fsp3) is 0.478. The van der Waals surface area contributed by atoms with E-state index in [9.17, 15) is 4.79 Å². The lowest BCUT2D eigenvalue weighted by molar-refractivity contribution is 0.0690. The van der Waals surface area contributed by atoms with Crippen LogP contribution in [0.25, 0.3) is 0 Å². The first-order valence-electron chi connectivity index (χ1n) is 10.1. The number of hydrogen-bond donors (Lipinski definition) is 0. The van der Waals surface area contributed by atoms with Crippen molar-refractivity contribution in [1.82, 2.24) is 14.8 Å². The van der Waals surface area contributed by atoms with Crippen LogP contribution in [0.4, 0.5) is 0 Å². The number of likely N-dealkylation sites (N-methyl/N-ethyl adjacent to an activating group) is 1. The van der Waals surface area contributed by atoms with E-state index in [4.69, 9.17) is 4.74 Å². The minimum atomic E-state index is 0.128. The highest BCUT2D eigenvalue weighted by molar-refractivity contribution is 5.94. The fourth-order valence-corrected chi connectivity index (χ4v) is 3.77. The predicted octanol–water partition coefficient (Wildman–Crippen LogP) is 3.25. The molecule has 0 radical (unpaired) electrons. The van der Waals surface area contributed by atoms with Crippen LogP contribution in [0.2, 0.25) is 0 Å². The van der Waals surface area contributed by atoms with Gasteiger partial charge >= 0.3 is 0 Å². The van der Waals surface area contributed by atoms with Crippen molar-refractivity contribution in [2.24, 2.45) is 5.92 Å². The van der Waals surface area contributed by atoms with Crippen LogP contribution in [0.5, 0.6) is 0 Å². The maximum absolute atomic E-state index is 12.5. The molecular weight excluding hydrogens is 350 g/mol. The second-order valence-corrected chi connectivity index (χ2v) is 7.72. The maximum atomic E-state index is 12.5. The van der Waals surface area contributed by atoms with Crippen LogP contribution >= 0.6 is 0 Å². The molecule has 2 heterocycles. The summed E-state index contributed by atoms with van der Waals surface area (Å²) < 4.78 is 5.13. The van der Waals surface area contributed by atoms with Crippen LogP contribution < -0.4 is 0 Å². The van der Waals surface area contributed by atoms with Gasteiger partial charge in [-0.05, 0) is 55.5 Å². The monoisotopic (exact) mass is 381 g/mol. The number of ether oxygens (including phenoxy) is 1. The minimum Gasteiger partial charge on any atom is -0.383 e. The number of benzene rings is 1. The zero-order valence-electron chi connectivity index (χ0n) is 17.0. The zero-order valence-corrected chi connectivity index (χ0v) is 17.0. The van der Waals surface area contributed by atoms with Crippen molar-refractivity contribution in [1.29, 1.82) is 0 Å². The van der Waals surface area contributed by atoms with E-state index >= 15 is 0 Å². The Kier molecular flexibility index (Phi) is 7.57. The summed E-state index contributed by atoms with van der Waals surface area (Å²) in [5.41, 5.74) is 3.46. The molecule has 1 saturated heterocycles. The van der Waals surface area contributed by atoms with Gasteiger partial charge in [-0.25, -0.2) is 0 Å². The highest BCUT2D eigenvalue weighted by Gasteiger charge is 2.23. The molecule has 2 aromatic rings. The largest absolute Gasteiger partial charge is 0.383 e. The topological polar surface area (TPSA) is 45.7 Å². The average molecular weight is 382 g/mol. The number of nitrogens with zero attached hydrogens (tertiary/aromatic N) is 3. The summed E-state index contributed by atoms with van der Waals surface area (Å²) in [5, 5.41) is 0. The SMILES string of the molecule is COCCN(C)Cc1ccc(CC2CCN(C(=O)c3ccncc3)CC2)cc1. The van der Waals surface area contributed by atoms with Crippen LogP contribution in [0, 0.1) is 5.92 Å². The Hall–Kier alpha value is -2.24. The van der Waals surface area contributed by atoms with Crippen LogP contribution in [0.15, 0.2) is 48.8 Å². The van der Waals surface area contributed by atoms with Gasteiger partial charge in [0, 0.05) is 51.2 Å². The lowest BCUT2D eigenvalue weighted by atomic mass is 9.89. The number of methoxy groups -OCH3 is 1. The average Bonchev–Trinajstić information content (AvgIpc) is 2.74. The molecule has 0 spiro atoms. The summed E-state index contributed by atoms with van der Waals surface area (Å²) in [5.74, 6) is 0.777. The molecule has 0 aliphatic carbocycles. The third-order valence-electron chi connectivity index (χ3n) is 5.51. The number of piperidine rings is 1. The van der Waals surface area contributed by atoms with Gasteiger partial charge < -0.3 is 9.64 Å². The summed E-state index contributed by atoms with van der Waals surface area (Å²) in [6.45, 7) is 4.33. The molecule has 3 rings (SSSR count). The number of pyridine rings is 1. The molecule has 5 heteroatoms. The van der Waals surface area contributed by atoms with E-state index in [0.717, 1.165) is 57.6 Å². The number of amides is 1. The first-order chi connectivity index (χ1) is 13.7. The number of hydrogen-bond acceptors (Lipinski definition) is 4. The van der Waals surface area contributed by atoms with Gasteiger partial charge in [0.2, 0.25) is 0 Å². The number of carbonyl (C=O) groups is 1. The Balaban J connectivity index is 1.45. The lowest BCUT2D eigenvalue weighted by Crippen LogP contribution is -2.38. The third-order valence-corrected chi connectivity index (χ3v) is 5.51. The van der Waals surface area contributed by atoms with Gasteiger partial charge in [0.1, 0.15) is 0 Å². The maximum Gasteiger partial charge on any atom is 0.253 e. The van der Waals surface area contributed by atoms with Gasteiger partial charge in [0.15, 0.2) is 0 Å². The molecule has 1 aliphatic heterocycles. The van der Waals surface area contributed by atoms with Crippen LogP contribution in [-0.4, -0.2) is 61.1 Å². The summed E-state index contributed by atoms with van der Waals surface area (Å²) in [7, 11) is 3.86. The van der Waals surface area contributed by atoms with E-state index in [0.29, 0.717) is 5.92 Å². The van der Waals surface area contributed by atoms with Crippen molar-refractivity contribution in [3.63, 3.8) is 0 Å². The van der Waals surface area contributed by atoms with E-state index in [1.165, 1.54) is 11.1 Å². The van der Waals surface area contributed by atoms with Crippen molar-refractivity contribution in [2.45, 2.75) is 25.8 Å². The summed E-state index contributed by atoms with van der Waals surface area (Å²) >= 11 is 0. The Morgan fingerprint density at radius 2 is 1.75 bits per heavy atom. The number of likely N-dealkylation sites (tertiary alicyclic amines) is 1. The van der Waals surface area contributed by atoms with Crippen molar-refractivity contribution < 1.29 is 9.53 Å². The Labute approximate surface area is 168 Å². The van der Waals surface area contributed by atoms with Crippen molar-refractivity contribution in [3.05, 3.63) is 65.5 Å². The predicted molar refractivity (Wildman–Crippen MR) is 111 cm³/mol. The molecule has 28 heavy (non-hydrogen) atoms. The van der Waals surface area contributed by atoms with Crippen molar-refractivity contribution in [2.75, 3.05) is 40.4 Å². The first-order valence-corrected chi connectivity index (χ1v) is 10.1. The van der Waals surface area contributed by atoms with Gasteiger partial charge in [0.25, 0.3) is 5.91 Å².